The second kappa shape index (κ2) is 3.32. The van der Waals surface area contributed by atoms with E-state index < -0.39 is 0 Å². The smallest absolute Gasteiger partial charge is 0.198 e. The van der Waals surface area contributed by atoms with E-state index in [2.05, 4.69) is 18.2 Å². The third kappa shape index (κ3) is 1.46. The zero-order valence-corrected chi connectivity index (χ0v) is 9.42. The number of hydrogen-bond acceptors (Lipinski definition) is 2. The van der Waals surface area contributed by atoms with Crippen molar-refractivity contribution >= 4 is 27.1 Å². The molecule has 0 fully saturated rings. The predicted molar refractivity (Wildman–Crippen MR) is 67.9 cm³/mol. The van der Waals surface area contributed by atoms with Crippen molar-refractivity contribution in [2.45, 2.75) is 0 Å². The van der Waals surface area contributed by atoms with Crippen LogP contribution in [0, 0.1) is 0 Å². The maximum atomic E-state index is 5.78. The van der Waals surface area contributed by atoms with Gasteiger partial charge in [-0.25, -0.2) is 0 Å². The summed E-state index contributed by atoms with van der Waals surface area (Å²) in [5.41, 5.74) is 7.80. The summed E-state index contributed by atoms with van der Waals surface area (Å²) in [7, 11) is 0. The highest BCUT2D eigenvalue weighted by Crippen LogP contribution is 2.32. The fourth-order valence-corrected chi connectivity index (χ4v) is 2.92. The van der Waals surface area contributed by atoms with Gasteiger partial charge in [-0.3, -0.25) is 5.41 Å². The summed E-state index contributed by atoms with van der Waals surface area (Å²) in [6.07, 6.45) is 0. The van der Waals surface area contributed by atoms with Crippen LogP contribution >= 0.6 is 11.3 Å². The van der Waals surface area contributed by atoms with Gasteiger partial charge < -0.3 is 5.73 Å². The zero-order chi connectivity index (χ0) is 11.1. The maximum Gasteiger partial charge on any atom is 0.198 e. The molecule has 0 bridgehead atoms. The summed E-state index contributed by atoms with van der Waals surface area (Å²) in [5, 5.41) is 7.80. The van der Waals surface area contributed by atoms with Crippen molar-refractivity contribution in [3.63, 3.8) is 0 Å². The Bertz CT molecular complexity index is 700. The molecule has 4 N–H and O–H groups in total. The van der Waals surface area contributed by atoms with Crippen LogP contribution in [0.4, 0.5) is 5.69 Å². The summed E-state index contributed by atoms with van der Waals surface area (Å²) in [6, 6.07) is 14.1. The molecule has 0 radical (unpaired) electrons. The van der Waals surface area contributed by atoms with Gasteiger partial charge in [-0.1, -0.05) is 6.07 Å². The van der Waals surface area contributed by atoms with Crippen LogP contribution in [-0.2, 0) is 0 Å². The molecule has 3 rings (SSSR count). The lowest BCUT2D eigenvalue weighted by molar-refractivity contribution is -0.172. The number of anilines is 1. The molecule has 1 heterocycles. The van der Waals surface area contributed by atoms with Crippen LogP contribution < -0.4 is 16.5 Å². The molecule has 0 amide bonds. The lowest BCUT2D eigenvalue weighted by Gasteiger charge is -2.06. The second-order valence-electron chi connectivity index (χ2n) is 3.84. The van der Waals surface area contributed by atoms with Crippen LogP contribution in [0.25, 0.3) is 20.5 Å². The topological polar surface area (TPSA) is 51.6 Å². The van der Waals surface area contributed by atoms with E-state index in [1.54, 1.807) is 11.3 Å². The zero-order valence-electron chi connectivity index (χ0n) is 8.60. The molecule has 0 saturated carbocycles. The summed E-state index contributed by atoms with van der Waals surface area (Å²) >= 11 is 1.72. The molecule has 2 nitrogen and oxygen atoms in total. The summed E-state index contributed by atoms with van der Waals surface area (Å²) < 4.78 is 1.19. The van der Waals surface area contributed by atoms with Gasteiger partial charge in [0.2, 0.25) is 0 Å². The SMILES string of the molecule is Nc1ccc2cc3ccc(=[NH2+])cc-3sc2c1. The van der Waals surface area contributed by atoms with Crippen LogP contribution in [0.15, 0.2) is 42.5 Å². The van der Waals surface area contributed by atoms with E-state index in [1.165, 1.54) is 20.5 Å². The standard InChI is InChI=1S/C13H10N2S/c14-10-3-1-8-5-9-2-4-11(15)7-13(9)16-12(8)6-10/h1-7,14H,15H2/p+1. The largest absolute Gasteiger partial charge is 0.399 e. The minimum absolute atomic E-state index is 0.798. The van der Waals surface area contributed by atoms with Crippen molar-refractivity contribution < 1.29 is 5.41 Å². The first-order valence-corrected chi connectivity index (χ1v) is 5.86. The van der Waals surface area contributed by atoms with Gasteiger partial charge in [0.25, 0.3) is 0 Å². The Kier molecular flexibility index (Phi) is 1.94. The van der Waals surface area contributed by atoms with Gasteiger partial charge in [0.05, 0.1) is 0 Å². The van der Waals surface area contributed by atoms with Crippen LogP contribution in [-0.4, -0.2) is 0 Å². The molecule has 1 aromatic carbocycles. The quantitative estimate of drug-likeness (QED) is 0.441. The molecule has 2 aliphatic rings. The highest BCUT2D eigenvalue weighted by atomic mass is 32.1. The monoisotopic (exact) mass is 227 g/mol. The molecule has 1 aliphatic carbocycles. The Morgan fingerprint density at radius 3 is 2.75 bits per heavy atom. The van der Waals surface area contributed by atoms with Crippen molar-refractivity contribution in [2.24, 2.45) is 0 Å². The van der Waals surface area contributed by atoms with Gasteiger partial charge in [0.15, 0.2) is 5.36 Å². The van der Waals surface area contributed by atoms with E-state index in [0.717, 1.165) is 11.0 Å². The van der Waals surface area contributed by atoms with Crippen LogP contribution in [0.2, 0.25) is 0 Å². The van der Waals surface area contributed by atoms with E-state index in [9.17, 15) is 0 Å². The Labute approximate surface area is 96.8 Å². The molecular weight excluding hydrogens is 216 g/mol. The first-order chi connectivity index (χ1) is 7.72. The number of nitrogen functional groups attached to an aromatic ring is 1. The van der Waals surface area contributed by atoms with Gasteiger partial charge in [-0.05, 0) is 35.2 Å². The Hall–Kier alpha value is -1.87. The van der Waals surface area contributed by atoms with Crippen molar-refractivity contribution in [2.75, 3.05) is 5.73 Å². The van der Waals surface area contributed by atoms with Crippen molar-refractivity contribution in [1.29, 1.82) is 0 Å². The molecule has 0 atom stereocenters. The Morgan fingerprint density at radius 2 is 1.88 bits per heavy atom. The third-order valence-corrected chi connectivity index (χ3v) is 3.75. The summed E-state index contributed by atoms with van der Waals surface area (Å²) in [4.78, 5) is 1.19. The van der Waals surface area contributed by atoms with E-state index in [-0.39, 0.29) is 0 Å². The molecule has 1 aromatic rings. The van der Waals surface area contributed by atoms with E-state index in [1.807, 2.05) is 24.3 Å². The van der Waals surface area contributed by atoms with Gasteiger partial charge in [0.1, 0.15) is 0 Å². The van der Waals surface area contributed by atoms with E-state index in [4.69, 9.17) is 11.1 Å². The number of benzene rings is 2. The van der Waals surface area contributed by atoms with Gasteiger partial charge in [0, 0.05) is 27.4 Å². The molecule has 1 aliphatic heterocycles. The molecular formula is C13H11N2S+. The first-order valence-electron chi connectivity index (χ1n) is 5.04. The normalized spacial score (nSPS) is 11.0. The lowest BCUT2D eigenvalue weighted by atomic mass is 10.1. The average molecular weight is 227 g/mol. The first kappa shape index (κ1) is 9.36. The fourth-order valence-electron chi connectivity index (χ4n) is 1.80. The number of hydrogen-bond donors (Lipinski definition) is 2. The van der Waals surface area contributed by atoms with Gasteiger partial charge in [-0.15, -0.1) is 11.3 Å². The molecule has 0 aromatic heterocycles. The number of fused-ring (bicyclic) bond motifs is 2. The van der Waals surface area contributed by atoms with Crippen LogP contribution in [0.1, 0.15) is 0 Å². The van der Waals surface area contributed by atoms with Crippen molar-refractivity contribution in [3.8, 4) is 10.4 Å². The molecule has 3 heteroatoms. The maximum absolute atomic E-state index is 5.78. The van der Waals surface area contributed by atoms with Gasteiger partial charge in [-0.2, -0.15) is 0 Å². The molecule has 78 valence electrons. The number of rotatable bonds is 0. The molecule has 0 spiro atoms. The molecule has 0 unspecified atom stereocenters. The molecule has 0 saturated heterocycles. The summed E-state index contributed by atoms with van der Waals surface area (Å²) in [6.45, 7) is 0. The lowest BCUT2D eigenvalue weighted by Crippen LogP contribution is -2.44. The van der Waals surface area contributed by atoms with Crippen LogP contribution in [0.3, 0.4) is 0 Å². The predicted octanol–water partition coefficient (Wildman–Crippen LogP) is 1.25. The second-order valence-corrected chi connectivity index (χ2v) is 4.92. The minimum Gasteiger partial charge on any atom is -0.399 e. The highest BCUT2D eigenvalue weighted by Gasteiger charge is 2.05. The third-order valence-electron chi connectivity index (χ3n) is 2.61. The Morgan fingerprint density at radius 1 is 1.00 bits per heavy atom. The van der Waals surface area contributed by atoms with Gasteiger partial charge >= 0.3 is 0 Å². The van der Waals surface area contributed by atoms with Crippen LogP contribution in [0.5, 0.6) is 0 Å². The minimum atomic E-state index is 0.798. The number of nitrogens with two attached hydrogens (primary N) is 2. The average Bonchev–Trinajstić information content (AvgIpc) is 2.26. The molecule has 16 heavy (non-hydrogen) atoms. The van der Waals surface area contributed by atoms with E-state index >= 15 is 0 Å². The van der Waals surface area contributed by atoms with E-state index in [0.29, 0.717) is 0 Å². The summed E-state index contributed by atoms with van der Waals surface area (Å²) in [5.74, 6) is 0. The Balaban J connectivity index is 2.46. The highest BCUT2D eigenvalue weighted by molar-refractivity contribution is 7.21. The van der Waals surface area contributed by atoms with Crippen molar-refractivity contribution in [1.82, 2.24) is 0 Å². The fraction of sp³-hybridized carbons (Fsp3) is 0. The van der Waals surface area contributed by atoms with Crippen molar-refractivity contribution in [3.05, 3.63) is 47.8 Å².